The number of benzene rings is 1. The highest BCUT2D eigenvalue weighted by Gasteiger charge is 2.06. The standard InChI is InChI=1S/C16H16N2O2/c1-2-16(19)12-5-7-14(8-6-12)20-11-13-4-3-9-18-15(13)10-17/h3-9,16,19H,2,11H2,1H3/t16-/m0/s1. The molecule has 0 unspecified atom stereocenters. The molecule has 1 heterocycles. The molecule has 2 rings (SSSR count). The van der Waals surface area contributed by atoms with Crippen molar-refractivity contribution in [1.82, 2.24) is 4.98 Å². The van der Waals surface area contributed by atoms with Gasteiger partial charge in [-0.25, -0.2) is 4.98 Å². The second-order valence-corrected chi connectivity index (χ2v) is 4.40. The Bertz CT molecular complexity index is 603. The van der Waals surface area contributed by atoms with E-state index in [0.29, 0.717) is 24.5 Å². The summed E-state index contributed by atoms with van der Waals surface area (Å²) in [6.07, 6.45) is 1.83. The first-order valence-electron chi connectivity index (χ1n) is 6.49. The molecule has 102 valence electrons. The lowest BCUT2D eigenvalue weighted by Gasteiger charge is -2.10. The van der Waals surface area contributed by atoms with Gasteiger partial charge in [-0.15, -0.1) is 0 Å². The zero-order chi connectivity index (χ0) is 14.4. The maximum atomic E-state index is 9.71. The fourth-order valence-electron chi connectivity index (χ4n) is 1.84. The number of aliphatic hydroxyl groups excluding tert-OH is 1. The lowest BCUT2D eigenvalue weighted by molar-refractivity contribution is 0.173. The van der Waals surface area contributed by atoms with Crippen LogP contribution in [-0.4, -0.2) is 10.1 Å². The molecule has 1 aromatic heterocycles. The zero-order valence-corrected chi connectivity index (χ0v) is 11.3. The molecule has 0 saturated heterocycles. The molecule has 1 N–H and O–H groups in total. The number of ether oxygens (including phenoxy) is 1. The molecular formula is C16H16N2O2. The summed E-state index contributed by atoms with van der Waals surface area (Å²) in [7, 11) is 0. The predicted octanol–water partition coefficient (Wildman–Crippen LogP) is 2.98. The summed E-state index contributed by atoms with van der Waals surface area (Å²) in [5.41, 5.74) is 2.01. The number of rotatable bonds is 5. The van der Waals surface area contributed by atoms with Crippen LogP contribution in [0.1, 0.15) is 36.3 Å². The van der Waals surface area contributed by atoms with Gasteiger partial charge in [-0.05, 0) is 30.2 Å². The van der Waals surface area contributed by atoms with Crippen molar-refractivity contribution in [2.75, 3.05) is 0 Å². The largest absolute Gasteiger partial charge is 0.489 e. The van der Waals surface area contributed by atoms with Crippen molar-refractivity contribution < 1.29 is 9.84 Å². The van der Waals surface area contributed by atoms with Crippen LogP contribution in [0.25, 0.3) is 0 Å². The third kappa shape index (κ3) is 3.34. The molecule has 2 aromatic rings. The minimum atomic E-state index is -0.437. The number of pyridine rings is 1. The quantitative estimate of drug-likeness (QED) is 0.905. The van der Waals surface area contributed by atoms with Crippen LogP contribution in [0.4, 0.5) is 0 Å². The monoisotopic (exact) mass is 268 g/mol. The van der Waals surface area contributed by atoms with Gasteiger partial charge in [0, 0.05) is 11.8 Å². The van der Waals surface area contributed by atoms with Crippen LogP contribution in [0.3, 0.4) is 0 Å². The molecule has 20 heavy (non-hydrogen) atoms. The summed E-state index contributed by atoms with van der Waals surface area (Å²) in [5.74, 6) is 0.699. The molecular weight excluding hydrogens is 252 g/mol. The fourth-order valence-corrected chi connectivity index (χ4v) is 1.84. The van der Waals surface area contributed by atoms with Crippen LogP contribution < -0.4 is 4.74 Å². The molecule has 0 aliphatic rings. The molecule has 4 nitrogen and oxygen atoms in total. The summed E-state index contributed by atoms with van der Waals surface area (Å²) < 4.78 is 5.63. The lowest BCUT2D eigenvalue weighted by Crippen LogP contribution is -2.00. The molecule has 0 bridgehead atoms. The second-order valence-electron chi connectivity index (χ2n) is 4.40. The van der Waals surface area contributed by atoms with Crippen LogP contribution in [0, 0.1) is 11.3 Å². The molecule has 0 aliphatic heterocycles. The van der Waals surface area contributed by atoms with Gasteiger partial charge >= 0.3 is 0 Å². The molecule has 0 amide bonds. The van der Waals surface area contributed by atoms with Gasteiger partial charge in [0.1, 0.15) is 24.1 Å². The molecule has 0 aliphatic carbocycles. The van der Waals surface area contributed by atoms with Crippen molar-refractivity contribution in [3.63, 3.8) is 0 Å². The number of nitriles is 1. The van der Waals surface area contributed by atoms with Crippen molar-refractivity contribution in [3.05, 3.63) is 59.4 Å². The van der Waals surface area contributed by atoms with Crippen molar-refractivity contribution in [3.8, 4) is 11.8 Å². The van der Waals surface area contributed by atoms with E-state index in [2.05, 4.69) is 4.98 Å². The van der Waals surface area contributed by atoms with Crippen molar-refractivity contribution >= 4 is 0 Å². The Morgan fingerprint density at radius 1 is 1.30 bits per heavy atom. The minimum Gasteiger partial charge on any atom is -0.489 e. The number of aliphatic hydroxyl groups is 1. The van der Waals surface area contributed by atoms with E-state index < -0.39 is 6.10 Å². The fraction of sp³-hybridized carbons (Fsp3) is 0.250. The highest BCUT2D eigenvalue weighted by molar-refractivity contribution is 5.32. The summed E-state index contributed by atoms with van der Waals surface area (Å²) in [6.45, 7) is 2.23. The Morgan fingerprint density at radius 3 is 2.70 bits per heavy atom. The first-order chi connectivity index (χ1) is 9.74. The molecule has 0 radical (unpaired) electrons. The average Bonchev–Trinajstić information content (AvgIpc) is 2.53. The minimum absolute atomic E-state index is 0.298. The molecule has 0 fully saturated rings. The predicted molar refractivity (Wildman–Crippen MR) is 75.0 cm³/mol. The van der Waals surface area contributed by atoms with Crippen molar-refractivity contribution in [2.45, 2.75) is 26.1 Å². The van der Waals surface area contributed by atoms with Crippen LogP contribution in [0.15, 0.2) is 42.6 Å². The maximum absolute atomic E-state index is 9.71. The highest BCUT2D eigenvalue weighted by atomic mass is 16.5. The van der Waals surface area contributed by atoms with Gasteiger partial charge in [0.2, 0.25) is 0 Å². The van der Waals surface area contributed by atoms with E-state index in [1.807, 2.05) is 43.3 Å². The van der Waals surface area contributed by atoms with Gasteiger partial charge in [0.15, 0.2) is 0 Å². The van der Waals surface area contributed by atoms with E-state index in [9.17, 15) is 5.11 Å². The Hall–Kier alpha value is -2.38. The van der Waals surface area contributed by atoms with Crippen molar-refractivity contribution in [1.29, 1.82) is 5.26 Å². The van der Waals surface area contributed by atoms with Crippen molar-refractivity contribution in [2.24, 2.45) is 0 Å². The van der Waals surface area contributed by atoms with Crippen LogP contribution >= 0.6 is 0 Å². The third-order valence-electron chi connectivity index (χ3n) is 3.04. The number of hydrogen-bond acceptors (Lipinski definition) is 4. The second kappa shape index (κ2) is 6.69. The summed E-state index contributed by atoms with van der Waals surface area (Å²) >= 11 is 0. The zero-order valence-electron chi connectivity index (χ0n) is 11.3. The lowest BCUT2D eigenvalue weighted by atomic mass is 10.1. The Morgan fingerprint density at radius 2 is 2.05 bits per heavy atom. The summed E-state index contributed by atoms with van der Waals surface area (Å²) in [5, 5.41) is 18.7. The van der Waals surface area contributed by atoms with E-state index in [0.717, 1.165) is 11.1 Å². The van der Waals surface area contributed by atoms with Gasteiger partial charge in [-0.3, -0.25) is 0 Å². The molecule has 0 spiro atoms. The first-order valence-corrected chi connectivity index (χ1v) is 6.49. The maximum Gasteiger partial charge on any atom is 0.147 e. The Kier molecular flexibility index (Phi) is 4.70. The van der Waals surface area contributed by atoms with Gasteiger partial charge in [0.05, 0.1) is 6.10 Å². The van der Waals surface area contributed by atoms with E-state index >= 15 is 0 Å². The third-order valence-corrected chi connectivity index (χ3v) is 3.04. The van der Waals surface area contributed by atoms with Gasteiger partial charge < -0.3 is 9.84 Å². The normalized spacial score (nSPS) is 11.7. The molecule has 4 heteroatoms. The average molecular weight is 268 g/mol. The first kappa shape index (κ1) is 14.0. The van der Waals surface area contributed by atoms with Crippen LogP contribution in [0.5, 0.6) is 5.75 Å². The van der Waals surface area contributed by atoms with Gasteiger partial charge in [-0.2, -0.15) is 5.26 Å². The summed E-state index contributed by atoms with van der Waals surface area (Å²) in [6, 6.07) is 13.0. The van der Waals surface area contributed by atoms with E-state index in [1.54, 1.807) is 12.3 Å². The highest BCUT2D eigenvalue weighted by Crippen LogP contribution is 2.20. The van der Waals surface area contributed by atoms with Gasteiger partial charge in [0.25, 0.3) is 0 Å². The van der Waals surface area contributed by atoms with E-state index in [1.165, 1.54) is 0 Å². The SMILES string of the molecule is CC[C@H](O)c1ccc(OCc2cccnc2C#N)cc1. The number of aromatic nitrogens is 1. The van der Waals surface area contributed by atoms with Gasteiger partial charge in [-0.1, -0.05) is 25.1 Å². The van der Waals surface area contributed by atoms with Crippen LogP contribution in [-0.2, 0) is 6.61 Å². The van der Waals surface area contributed by atoms with E-state index in [4.69, 9.17) is 10.00 Å². The molecule has 0 saturated carbocycles. The topological polar surface area (TPSA) is 66.1 Å². The number of hydrogen-bond donors (Lipinski definition) is 1. The number of nitrogens with zero attached hydrogens (tertiary/aromatic N) is 2. The van der Waals surface area contributed by atoms with Crippen LogP contribution in [0.2, 0.25) is 0 Å². The smallest absolute Gasteiger partial charge is 0.147 e. The molecule has 1 aromatic carbocycles. The van der Waals surface area contributed by atoms with E-state index in [-0.39, 0.29) is 0 Å². The summed E-state index contributed by atoms with van der Waals surface area (Å²) in [4.78, 5) is 3.98. The Balaban J connectivity index is 2.03. The Labute approximate surface area is 118 Å². The molecule has 1 atom stereocenters.